The number of likely N-dealkylation sites (tertiary alicyclic amines) is 1. The monoisotopic (exact) mass is 425 g/mol. The SMILES string of the molecule is CCCC(=O)NC(C(=O)N1CCCC1C(=O)NC1=CC=CC=CC=C1)C1CCCCC1. The first-order chi connectivity index (χ1) is 15.1. The van der Waals surface area contributed by atoms with Crippen LogP contribution in [0.3, 0.4) is 0 Å². The van der Waals surface area contributed by atoms with Crippen molar-refractivity contribution >= 4 is 17.7 Å². The van der Waals surface area contributed by atoms with E-state index < -0.39 is 12.1 Å². The van der Waals surface area contributed by atoms with Crippen LogP contribution in [-0.2, 0) is 14.4 Å². The van der Waals surface area contributed by atoms with Gasteiger partial charge in [0.05, 0.1) is 0 Å². The van der Waals surface area contributed by atoms with Crippen LogP contribution >= 0.6 is 0 Å². The number of nitrogens with zero attached hydrogens (tertiary/aromatic N) is 1. The molecule has 2 atom stereocenters. The predicted octanol–water partition coefficient (Wildman–Crippen LogP) is 3.52. The summed E-state index contributed by atoms with van der Waals surface area (Å²) in [6, 6.07) is -1.03. The van der Waals surface area contributed by atoms with E-state index >= 15 is 0 Å². The summed E-state index contributed by atoms with van der Waals surface area (Å²) in [4.78, 5) is 40.7. The highest BCUT2D eigenvalue weighted by atomic mass is 16.2. The number of rotatable bonds is 7. The minimum Gasteiger partial charge on any atom is -0.344 e. The molecule has 168 valence electrons. The van der Waals surface area contributed by atoms with Crippen molar-refractivity contribution in [2.75, 3.05) is 6.54 Å². The fourth-order valence-electron chi connectivity index (χ4n) is 4.68. The van der Waals surface area contributed by atoms with Crippen LogP contribution in [0.25, 0.3) is 0 Å². The average molecular weight is 426 g/mol. The van der Waals surface area contributed by atoms with Gasteiger partial charge in [-0.25, -0.2) is 0 Å². The van der Waals surface area contributed by atoms with Gasteiger partial charge in [-0.2, -0.15) is 0 Å². The predicted molar refractivity (Wildman–Crippen MR) is 122 cm³/mol. The van der Waals surface area contributed by atoms with Gasteiger partial charge in [-0.05, 0) is 50.2 Å². The lowest BCUT2D eigenvalue weighted by molar-refractivity contribution is -0.142. The van der Waals surface area contributed by atoms with Crippen molar-refractivity contribution in [2.45, 2.75) is 76.8 Å². The normalized spacial score (nSPS) is 22.4. The van der Waals surface area contributed by atoms with E-state index in [0.717, 1.165) is 38.5 Å². The van der Waals surface area contributed by atoms with Crippen LogP contribution < -0.4 is 10.6 Å². The first-order valence-electron chi connectivity index (χ1n) is 11.7. The van der Waals surface area contributed by atoms with E-state index in [1.807, 2.05) is 49.5 Å². The quantitative estimate of drug-likeness (QED) is 0.655. The van der Waals surface area contributed by atoms with E-state index in [1.54, 1.807) is 4.90 Å². The minimum atomic E-state index is -0.527. The minimum absolute atomic E-state index is 0.0729. The third-order valence-electron chi connectivity index (χ3n) is 6.28. The summed E-state index contributed by atoms with van der Waals surface area (Å²) >= 11 is 0. The molecule has 2 fully saturated rings. The molecule has 1 aliphatic heterocycles. The van der Waals surface area contributed by atoms with E-state index in [4.69, 9.17) is 0 Å². The highest BCUT2D eigenvalue weighted by molar-refractivity contribution is 5.93. The van der Waals surface area contributed by atoms with Crippen LogP contribution in [0.15, 0.2) is 48.2 Å². The van der Waals surface area contributed by atoms with Gasteiger partial charge in [0.2, 0.25) is 17.7 Å². The lowest BCUT2D eigenvalue weighted by Gasteiger charge is -2.34. The number of carbonyl (C=O) groups excluding carboxylic acids is 3. The van der Waals surface area contributed by atoms with E-state index in [0.29, 0.717) is 25.1 Å². The number of hydrogen-bond acceptors (Lipinski definition) is 3. The maximum absolute atomic E-state index is 13.6. The van der Waals surface area contributed by atoms with Crippen LogP contribution in [0.4, 0.5) is 0 Å². The van der Waals surface area contributed by atoms with E-state index in [-0.39, 0.29) is 23.6 Å². The Hall–Kier alpha value is -2.63. The zero-order valence-electron chi connectivity index (χ0n) is 18.5. The molecule has 0 spiro atoms. The van der Waals surface area contributed by atoms with E-state index in [1.165, 1.54) is 6.42 Å². The van der Waals surface area contributed by atoms with Gasteiger partial charge in [0.15, 0.2) is 0 Å². The highest BCUT2D eigenvalue weighted by Gasteiger charge is 2.40. The summed E-state index contributed by atoms with van der Waals surface area (Å²) in [5.41, 5.74) is 0.699. The second kappa shape index (κ2) is 11.7. The fourth-order valence-corrected chi connectivity index (χ4v) is 4.68. The van der Waals surface area contributed by atoms with Gasteiger partial charge in [0, 0.05) is 18.7 Å². The molecule has 0 aromatic rings. The Morgan fingerprint density at radius 3 is 2.52 bits per heavy atom. The number of hydrogen-bond donors (Lipinski definition) is 2. The van der Waals surface area contributed by atoms with Crippen molar-refractivity contribution in [3.05, 3.63) is 48.2 Å². The van der Waals surface area contributed by atoms with Crippen LogP contribution in [0.2, 0.25) is 0 Å². The largest absolute Gasteiger partial charge is 0.344 e. The molecule has 1 heterocycles. The van der Waals surface area contributed by atoms with Gasteiger partial charge >= 0.3 is 0 Å². The summed E-state index contributed by atoms with van der Waals surface area (Å²) in [6.45, 7) is 2.52. The zero-order chi connectivity index (χ0) is 22.1. The molecule has 2 unspecified atom stereocenters. The van der Waals surface area contributed by atoms with Crippen molar-refractivity contribution in [2.24, 2.45) is 5.92 Å². The molecule has 3 rings (SSSR count). The number of allylic oxidation sites excluding steroid dienone is 7. The van der Waals surface area contributed by atoms with Crippen LogP contribution in [0.5, 0.6) is 0 Å². The number of amides is 3. The van der Waals surface area contributed by atoms with E-state index in [9.17, 15) is 14.4 Å². The second-order valence-corrected chi connectivity index (χ2v) is 8.62. The molecular formula is C25H35N3O3. The molecule has 3 aliphatic rings. The van der Waals surface area contributed by atoms with Gasteiger partial charge in [0.25, 0.3) is 0 Å². The smallest absolute Gasteiger partial charge is 0.247 e. The Morgan fingerprint density at radius 2 is 1.74 bits per heavy atom. The Balaban J connectivity index is 1.71. The molecule has 31 heavy (non-hydrogen) atoms. The Labute approximate surface area is 185 Å². The number of nitrogens with one attached hydrogen (secondary N) is 2. The first-order valence-corrected chi connectivity index (χ1v) is 11.7. The Kier molecular flexibility index (Phi) is 8.68. The molecule has 0 bridgehead atoms. The van der Waals surface area contributed by atoms with Crippen molar-refractivity contribution in [3.8, 4) is 0 Å². The van der Waals surface area contributed by atoms with Gasteiger partial charge in [0.1, 0.15) is 12.1 Å². The average Bonchev–Trinajstić information content (AvgIpc) is 3.24. The van der Waals surface area contributed by atoms with Gasteiger partial charge in [-0.3, -0.25) is 14.4 Å². The molecule has 3 amide bonds. The summed E-state index contributed by atoms with van der Waals surface area (Å²) in [6.07, 6.45) is 21.0. The fraction of sp³-hybridized carbons (Fsp3) is 0.560. The van der Waals surface area contributed by atoms with Crippen LogP contribution in [-0.4, -0.2) is 41.2 Å². The summed E-state index contributed by atoms with van der Waals surface area (Å²) < 4.78 is 0. The standard InChI is InChI=1S/C25H35N3O3/c1-2-12-22(29)27-23(19-13-7-6-8-14-19)25(31)28-18-11-17-21(28)24(30)26-20-15-9-4-3-5-10-16-20/h3-5,9-10,15-16,19,21,23H,2,6-8,11-14,17-18H2,1H3,(H,26,30)(H,27,29). The van der Waals surface area contributed by atoms with Crippen LogP contribution in [0.1, 0.15) is 64.7 Å². The summed E-state index contributed by atoms with van der Waals surface area (Å²) in [5, 5.41) is 5.98. The topological polar surface area (TPSA) is 78.5 Å². The maximum Gasteiger partial charge on any atom is 0.247 e. The number of carbonyl (C=O) groups is 3. The molecular weight excluding hydrogens is 390 g/mol. The molecule has 0 aromatic carbocycles. The molecule has 0 aromatic heterocycles. The molecule has 1 saturated carbocycles. The van der Waals surface area contributed by atoms with Crippen molar-refractivity contribution in [1.29, 1.82) is 0 Å². The lowest BCUT2D eigenvalue weighted by Crippen LogP contribution is -2.56. The lowest BCUT2D eigenvalue weighted by atomic mass is 9.83. The van der Waals surface area contributed by atoms with Crippen molar-refractivity contribution < 1.29 is 14.4 Å². The van der Waals surface area contributed by atoms with Crippen LogP contribution in [0, 0.1) is 5.92 Å². The molecule has 2 aliphatic carbocycles. The maximum atomic E-state index is 13.6. The molecule has 0 radical (unpaired) electrons. The third kappa shape index (κ3) is 6.42. The summed E-state index contributed by atoms with van der Waals surface area (Å²) in [5.74, 6) is -0.184. The van der Waals surface area contributed by atoms with Crippen molar-refractivity contribution in [3.63, 3.8) is 0 Å². The zero-order valence-corrected chi connectivity index (χ0v) is 18.5. The van der Waals surface area contributed by atoms with Gasteiger partial charge < -0.3 is 15.5 Å². The molecule has 1 saturated heterocycles. The van der Waals surface area contributed by atoms with E-state index in [2.05, 4.69) is 10.6 Å². The molecule has 2 N–H and O–H groups in total. The summed E-state index contributed by atoms with van der Waals surface area (Å²) in [7, 11) is 0. The second-order valence-electron chi connectivity index (χ2n) is 8.62. The van der Waals surface area contributed by atoms with Gasteiger partial charge in [-0.1, -0.05) is 56.6 Å². The molecule has 6 nitrogen and oxygen atoms in total. The van der Waals surface area contributed by atoms with Gasteiger partial charge in [-0.15, -0.1) is 0 Å². The Bertz CT molecular complexity index is 775. The van der Waals surface area contributed by atoms with Crippen molar-refractivity contribution in [1.82, 2.24) is 15.5 Å². The molecule has 6 heteroatoms. The Morgan fingerprint density at radius 1 is 1.00 bits per heavy atom. The first kappa shape index (κ1) is 23.0. The third-order valence-corrected chi connectivity index (χ3v) is 6.28. The highest BCUT2D eigenvalue weighted by Crippen LogP contribution is 2.29.